The molecule has 0 saturated heterocycles. The topological polar surface area (TPSA) is 125 Å². The van der Waals surface area contributed by atoms with Crippen molar-refractivity contribution >= 4 is 33.7 Å². The van der Waals surface area contributed by atoms with Crippen LogP contribution in [0.15, 0.2) is 73.4 Å². The highest BCUT2D eigenvalue weighted by Crippen LogP contribution is 2.33. The average molecular weight is 475 g/mol. The third-order valence-electron chi connectivity index (χ3n) is 5.99. The van der Waals surface area contributed by atoms with Crippen LogP contribution in [0, 0.1) is 5.92 Å². The molecule has 6 rings (SSSR count). The molecule has 0 aliphatic rings. The van der Waals surface area contributed by atoms with Crippen LogP contribution in [0.4, 0.5) is 5.69 Å². The number of pyridine rings is 4. The maximum atomic E-state index is 12.1. The number of aromatic amines is 2. The molecule has 0 aliphatic heterocycles. The quantitative estimate of drug-likeness (QED) is 0.315. The SMILES string of the molecule is CC(C)C(=O)Nc1cncc(-c2ccc3[nH]nc(-c4cc5c(-c6cccnc6)ccnc5[nH]4)c3n2)c1. The van der Waals surface area contributed by atoms with Crippen molar-refractivity contribution in [1.82, 2.24) is 35.1 Å². The first kappa shape index (κ1) is 21.6. The molecule has 0 fully saturated rings. The number of nitrogens with zero attached hydrogens (tertiary/aromatic N) is 5. The predicted octanol–water partition coefficient (Wildman–Crippen LogP) is 5.22. The van der Waals surface area contributed by atoms with E-state index in [0.717, 1.165) is 50.1 Å². The summed E-state index contributed by atoms with van der Waals surface area (Å²) < 4.78 is 0. The van der Waals surface area contributed by atoms with Crippen LogP contribution in [0.2, 0.25) is 0 Å². The highest BCUT2D eigenvalue weighted by Gasteiger charge is 2.16. The van der Waals surface area contributed by atoms with Crippen LogP contribution in [0.5, 0.6) is 0 Å². The van der Waals surface area contributed by atoms with E-state index in [-0.39, 0.29) is 11.8 Å². The fourth-order valence-electron chi connectivity index (χ4n) is 4.11. The highest BCUT2D eigenvalue weighted by molar-refractivity contribution is 5.99. The van der Waals surface area contributed by atoms with E-state index < -0.39 is 0 Å². The standard InChI is InChI=1S/C27H22N8O/c1-15(2)27(36)31-18-10-17(13-29-14-18)21-5-6-22-24(32-21)25(35-34-22)23-11-20-19(7-9-30-26(20)33-23)16-4-3-8-28-12-16/h3-15H,1-2H3,(H,30,33)(H,31,36)(H,34,35). The van der Waals surface area contributed by atoms with Gasteiger partial charge < -0.3 is 10.3 Å². The molecule has 0 bridgehead atoms. The van der Waals surface area contributed by atoms with Crippen molar-refractivity contribution in [1.29, 1.82) is 0 Å². The summed E-state index contributed by atoms with van der Waals surface area (Å²) in [4.78, 5) is 33.4. The van der Waals surface area contributed by atoms with E-state index in [4.69, 9.17) is 4.98 Å². The fraction of sp³-hybridized carbons (Fsp3) is 0.111. The van der Waals surface area contributed by atoms with E-state index in [1.54, 1.807) is 24.8 Å². The molecule has 0 unspecified atom stereocenters. The third kappa shape index (κ3) is 3.86. The van der Waals surface area contributed by atoms with Crippen molar-refractivity contribution < 1.29 is 4.79 Å². The first-order valence-electron chi connectivity index (χ1n) is 11.6. The third-order valence-corrected chi connectivity index (χ3v) is 5.99. The summed E-state index contributed by atoms with van der Waals surface area (Å²) in [7, 11) is 0. The molecule has 3 N–H and O–H groups in total. The lowest BCUT2D eigenvalue weighted by molar-refractivity contribution is -0.118. The minimum absolute atomic E-state index is 0.0624. The Labute approximate surface area is 206 Å². The second kappa shape index (κ2) is 8.70. The minimum atomic E-state index is -0.124. The maximum absolute atomic E-state index is 12.1. The Morgan fingerprint density at radius 3 is 2.69 bits per heavy atom. The molecule has 0 radical (unpaired) electrons. The Morgan fingerprint density at radius 1 is 0.972 bits per heavy atom. The van der Waals surface area contributed by atoms with Crippen molar-refractivity contribution in [2.75, 3.05) is 5.32 Å². The summed E-state index contributed by atoms with van der Waals surface area (Å²) >= 11 is 0. The van der Waals surface area contributed by atoms with Crippen LogP contribution in [0.1, 0.15) is 13.8 Å². The number of H-pyrrole nitrogens is 2. The van der Waals surface area contributed by atoms with Crippen LogP contribution in [-0.4, -0.2) is 41.0 Å². The average Bonchev–Trinajstić information content (AvgIpc) is 3.53. The monoisotopic (exact) mass is 474 g/mol. The Kier molecular flexibility index (Phi) is 5.22. The zero-order valence-corrected chi connectivity index (χ0v) is 19.6. The van der Waals surface area contributed by atoms with Gasteiger partial charge in [0.1, 0.15) is 16.9 Å². The molecule has 9 nitrogen and oxygen atoms in total. The van der Waals surface area contributed by atoms with Gasteiger partial charge in [-0.2, -0.15) is 5.10 Å². The van der Waals surface area contributed by atoms with Crippen LogP contribution < -0.4 is 5.32 Å². The second-order valence-electron chi connectivity index (χ2n) is 8.82. The summed E-state index contributed by atoms with van der Waals surface area (Å²) in [5.74, 6) is -0.186. The van der Waals surface area contributed by atoms with Crippen LogP contribution in [0.25, 0.3) is 55.8 Å². The van der Waals surface area contributed by atoms with E-state index in [0.29, 0.717) is 11.4 Å². The molecule has 6 aromatic heterocycles. The number of aromatic nitrogens is 7. The first-order chi connectivity index (χ1) is 17.6. The summed E-state index contributed by atoms with van der Waals surface area (Å²) in [6.07, 6.45) is 8.73. The van der Waals surface area contributed by atoms with E-state index >= 15 is 0 Å². The van der Waals surface area contributed by atoms with Gasteiger partial charge in [0.25, 0.3) is 0 Å². The van der Waals surface area contributed by atoms with E-state index in [2.05, 4.69) is 35.5 Å². The molecule has 36 heavy (non-hydrogen) atoms. The minimum Gasteiger partial charge on any atom is -0.338 e. The summed E-state index contributed by atoms with van der Waals surface area (Å²) in [6.45, 7) is 3.70. The van der Waals surface area contributed by atoms with Gasteiger partial charge in [0.2, 0.25) is 5.91 Å². The predicted molar refractivity (Wildman–Crippen MR) is 139 cm³/mol. The molecule has 6 heterocycles. The molecule has 9 heteroatoms. The Balaban J connectivity index is 1.41. The molecule has 0 aliphatic carbocycles. The molecule has 0 saturated carbocycles. The zero-order valence-electron chi connectivity index (χ0n) is 19.6. The first-order valence-corrected chi connectivity index (χ1v) is 11.6. The number of nitrogens with one attached hydrogen (secondary N) is 3. The normalized spacial score (nSPS) is 11.4. The van der Waals surface area contributed by atoms with E-state index in [9.17, 15) is 4.79 Å². The summed E-state index contributed by atoms with van der Waals surface area (Å²) in [6, 6.07) is 13.7. The molecule has 1 amide bonds. The number of amides is 1. The fourth-order valence-corrected chi connectivity index (χ4v) is 4.11. The van der Waals surface area contributed by atoms with E-state index in [1.807, 2.05) is 62.5 Å². The van der Waals surface area contributed by atoms with E-state index in [1.165, 1.54) is 0 Å². The molecule has 0 aromatic carbocycles. The molecular weight excluding hydrogens is 452 g/mol. The Morgan fingerprint density at radius 2 is 1.86 bits per heavy atom. The lowest BCUT2D eigenvalue weighted by atomic mass is 10.1. The van der Waals surface area contributed by atoms with Crippen molar-refractivity contribution in [2.45, 2.75) is 13.8 Å². The van der Waals surface area contributed by atoms with Gasteiger partial charge >= 0.3 is 0 Å². The van der Waals surface area contributed by atoms with Gasteiger partial charge in [0, 0.05) is 47.2 Å². The Bertz CT molecular complexity index is 1720. The summed E-state index contributed by atoms with van der Waals surface area (Å²) in [5, 5.41) is 11.5. The Hall–Kier alpha value is -4.92. The number of anilines is 1. The smallest absolute Gasteiger partial charge is 0.226 e. The lowest BCUT2D eigenvalue weighted by Gasteiger charge is -2.08. The van der Waals surface area contributed by atoms with Gasteiger partial charge in [-0.05, 0) is 42.0 Å². The second-order valence-corrected chi connectivity index (χ2v) is 8.82. The summed E-state index contributed by atoms with van der Waals surface area (Å²) in [5.41, 5.74) is 7.99. The van der Waals surface area contributed by atoms with Crippen molar-refractivity contribution in [2.24, 2.45) is 5.92 Å². The molecule has 6 aromatic rings. The maximum Gasteiger partial charge on any atom is 0.226 e. The van der Waals surface area contributed by atoms with Gasteiger partial charge in [-0.3, -0.25) is 19.9 Å². The van der Waals surface area contributed by atoms with Gasteiger partial charge in [0.15, 0.2) is 0 Å². The van der Waals surface area contributed by atoms with Crippen molar-refractivity contribution in [3.05, 3.63) is 73.4 Å². The molecule has 0 spiro atoms. The number of fused-ring (bicyclic) bond motifs is 2. The number of hydrogen-bond acceptors (Lipinski definition) is 6. The lowest BCUT2D eigenvalue weighted by Crippen LogP contribution is -2.17. The largest absolute Gasteiger partial charge is 0.338 e. The molecular formula is C27H22N8O. The van der Waals surface area contributed by atoms with Gasteiger partial charge in [-0.1, -0.05) is 19.9 Å². The van der Waals surface area contributed by atoms with Gasteiger partial charge in [-0.25, -0.2) is 9.97 Å². The van der Waals surface area contributed by atoms with Gasteiger partial charge in [0.05, 0.1) is 28.8 Å². The van der Waals surface area contributed by atoms with Gasteiger partial charge in [-0.15, -0.1) is 0 Å². The van der Waals surface area contributed by atoms with Crippen molar-refractivity contribution in [3.63, 3.8) is 0 Å². The van der Waals surface area contributed by atoms with Crippen LogP contribution in [-0.2, 0) is 4.79 Å². The number of carbonyl (C=O) groups is 1. The van der Waals surface area contributed by atoms with Crippen LogP contribution >= 0.6 is 0 Å². The highest BCUT2D eigenvalue weighted by atomic mass is 16.1. The number of carbonyl (C=O) groups excluding carboxylic acids is 1. The van der Waals surface area contributed by atoms with Crippen LogP contribution in [0.3, 0.4) is 0 Å². The zero-order chi connectivity index (χ0) is 24.6. The number of rotatable bonds is 5. The molecule has 176 valence electrons. The number of hydrogen-bond donors (Lipinski definition) is 3. The van der Waals surface area contributed by atoms with Crippen molar-refractivity contribution in [3.8, 4) is 33.8 Å². The molecule has 0 atom stereocenters.